The van der Waals surface area contributed by atoms with Crippen molar-refractivity contribution in [2.75, 3.05) is 26.2 Å². The Labute approximate surface area is 121 Å². The van der Waals surface area contributed by atoms with Crippen LogP contribution in [0.1, 0.15) is 29.7 Å². The molecule has 3 nitrogen and oxygen atoms in total. The minimum Gasteiger partial charge on any atom is -0.376 e. The molecular weight excluding hydrogens is 254 g/mol. The summed E-state index contributed by atoms with van der Waals surface area (Å²) in [6.45, 7) is 10.5. The quantitative estimate of drug-likeness (QED) is 0.840. The average molecular weight is 277 g/mol. The third-order valence-electron chi connectivity index (χ3n) is 4.05. The van der Waals surface area contributed by atoms with E-state index in [0.717, 1.165) is 26.2 Å². The summed E-state index contributed by atoms with van der Waals surface area (Å²) >= 11 is 5.03. The van der Waals surface area contributed by atoms with Crippen LogP contribution in [-0.4, -0.2) is 41.1 Å². The van der Waals surface area contributed by atoms with E-state index in [0.29, 0.717) is 11.2 Å². The molecule has 104 valence electrons. The summed E-state index contributed by atoms with van der Waals surface area (Å²) in [7, 11) is 0. The van der Waals surface area contributed by atoms with Crippen LogP contribution >= 0.6 is 12.2 Å². The largest absolute Gasteiger partial charge is 0.376 e. The highest BCUT2D eigenvalue weighted by Gasteiger charge is 2.23. The molecule has 1 atom stereocenters. The highest BCUT2D eigenvalue weighted by atomic mass is 32.1. The number of hydrogen-bond donors (Lipinski definition) is 1. The molecular formula is C15H23N3S. The molecule has 1 aliphatic heterocycles. The molecule has 2 N–H and O–H groups in total. The lowest BCUT2D eigenvalue weighted by atomic mass is 9.99. The van der Waals surface area contributed by atoms with Gasteiger partial charge in [0.05, 0.1) is 0 Å². The fourth-order valence-corrected chi connectivity index (χ4v) is 3.00. The second-order valence-corrected chi connectivity index (χ2v) is 5.82. The molecule has 1 saturated heterocycles. The van der Waals surface area contributed by atoms with Crippen LogP contribution in [0.2, 0.25) is 0 Å². The lowest BCUT2D eigenvalue weighted by Crippen LogP contribution is -2.50. The number of hydrogen-bond acceptors (Lipinski definition) is 2. The van der Waals surface area contributed by atoms with Crippen molar-refractivity contribution >= 4 is 17.3 Å². The molecule has 0 saturated carbocycles. The van der Waals surface area contributed by atoms with E-state index in [-0.39, 0.29) is 0 Å². The topological polar surface area (TPSA) is 32.5 Å². The molecule has 0 aliphatic carbocycles. The van der Waals surface area contributed by atoms with Crippen molar-refractivity contribution in [2.45, 2.75) is 26.8 Å². The molecule has 2 rings (SSSR count). The molecule has 0 spiro atoms. The molecule has 0 bridgehead atoms. The molecule has 0 amide bonds. The van der Waals surface area contributed by atoms with Crippen LogP contribution in [0.5, 0.6) is 0 Å². The van der Waals surface area contributed by atoms with Crippen molar-refractivity contribution in [1.29, 1.82) is 0 Å². The summed E-state index contributed by atoms with van der Waals surface area (Å²) < 4.78 is 0. The van der Waals surface area contributed by atoms with Crippen LogP contribution in [0.4, 0.5) is 0 Å². The van der Waals surface area contributed by atoms with Gasteiger partial charge >= 0.3 is 0 Å². The van der Waals surface area contributed by atoms with E-state index in [1.54, 1.807) is 0 Å². The van der Waals surface area contributed by atoms with Gasteiger partial charge in [0.2, 0.25) is 0 Å². The second kappa shape index (κ2) is 5.88. The molecule has 0 aromatic heterocycles. The lowest BCUT2D eigenvalue weighted by molar-refractivity contribution is 0.141. The Morgan fingerprint density at radius 1 is 1.21 bits per heavy atom. The third-order valence-corrected chi connectivity index (χ3v) is 4.31. The van der Waals surface area contributed by atoms with E-state index in [4.69, 9.17) is 18.0 Å². The SMILES string of the molecule is Cc1ccc([C@H](C)N2CCN(C(N)=S)CC2)c(C)c1. The Morgan fingerprint density at radius 2 is 1.84 bits per heavy atom. The van der Waals surface area contributed by atoms with Crippen LogP contribution < -0.4 is 5.73 Å². The molecule has 1 aromatic rings. The normalized spacial score (nSPS) is 18.4. The number of thiocarbonyl (C=S) groups is 1. The van der Waals surface area contributed by atoms with E-state index in [9.17, 15) is 0 Å². The fourth-order valence-electron chi connectivity index (χ4n) is 2.82. The third kappa shape index (κ3) is 3.25. The lowest BCUT2D eigenvalue weighted by Gasteiger charge is -2.38. The summed E-state index contributed by atoms with van der Waals surface area (Å²) in [5.74, 6) is 0. The maximum absolute atomic E-state index is 5.68. The van der Waals surface area contributed by atoms with Crippen LogP contribution in [0.25, 0.3) is 0 Å². The molecule has 1 aliphatic rings. The molecule has 1 fully saturated rings. The monoisotopic (exact) mass is 277 g/mol. The zero-order chi connectivity index (χ0) is 14.0. The minimum atomic E-state index is 0.453. The van der Waals surface area contributed by atoms with Crippen LogP contribution in [0.15, 0.2) is 18.2 Å². The van der Waals surface area contributed by atoms with Crippen molar-refractivity contribution in [3.05, 3.63) is 34.9 Å². The number of benzene rings is 1. The van der Waals surface area contributed by atoms with E-state index in [1.165, 1.54) is 16.7 Å². The van der Waals surface area contributed by atoms with Crippen molar-refractivity contribution in [3.63, 3.8) is 0 Å². The van der Waals surface area contributed by atoms with E-state index >= 15 is 0 Å². The van der Waals surface area contributed by atoms with Crippen molar-refractivity contribution in [3.8, 4) is 0 Å². The van der Waals surface area contributed by atoms with Gasteiger partial charge < -0.3 is 10.6 Å². The number of nitrogens with zero attached hydrogens (tertiary/aromatic N) is 2. The summed E-state index contributed by atoms with van der Waals surface area (Å²) in [5.41, 5.74) is 9.81. The summed E-state index contributed by atoms with van der Waals surface area (Å²) in [6, 6.07) is 7.17. The van der Waals surface area contributed by atoms with E-state index in [1.807, 2.05) is 0 Å². The molecule has 1 heterocycles. The van der Waals surface area contributed by atoms with Crippen LogP contribution in [0.3, 0.4) is 0 Å². The summed E-state index contributed by atoms with van der Waals surface area (Å²) in [5, 5.41) is 0.527. The number of rotatable bonds is 2. The van der Waals surface area contributed by atoms with E-state index in [2.05, 4.69) is 48.8 Å². The van der Waals surface area contributed by atoms with Gasteiger partial charge in [0, 0.05) is 32.2 Å². The first-order valence-electron chi connectivity index (χ1n) is 6.84. The van der Waals surface area contributed by atoms with Crippen molar-refractivity contribution in [1.82, 2.24) is 9.80 Å². The van der Waals surface area contributed by atoms with Gasteiger partial charge in [-0.25, -0.2) is 0 Å². The smallest absolute Gasteiger partial charge is 0.166 e. The number of aryl methyl sites for hydroxylation is 2. The van der Waals surface area contributed by atoms with Gasteiger partial charge in [-0.15, -0.1) is 0 Å². The highest BCUT2D eigenvalue weighted by Crippen LogP contribution is 2.25. The molecule has 1 aromatic carbocycles. The second-order valence-electron chi connectivity index (χ2n) is 5.40. The van der Waals surface area contributed by atoms with Gasteiger partial charge in [0.25, 0.3) is 0 Å². The first kappa shape index (κ1) is 14.3. The van der Waals surface area contributed by atoms with Crippen LogP contribution in [0, 0.1) is 13.8 Å². The van der Waals surface area contributed by atoms with Gasteiger partial charge in [0.1, 0.15) is 0 Å². The molecule has 4 heteroatoms. The maximum Gasteiger partial charge on any atom is 0.166 e. The van der Waals surface area contributed by atoms with Gasteiger partial charge in [0.15, 0.2) is 5.11 Å². The van der Waals surface area contributed by atoms with Gasteiger partial charge in [-0.3, -0.25) is 4.90 Å². The standard InChI is InChI=1S/C15H23N3S/c1-11-4-5-14(12(2)10-11)13(3)17-6-8-18(9-7-17)15(16)19/h4-5,10,13H,6-9H2,1-3H3,(H2,16,19)/t13-/m0/s1. The Hall–Kier alpha value is -1.13. The minimum absolute atomic E-state index is 0.453. The Bertz CT molecular complexity index is 464. The number of nitrogens with two attached hydrogens (primary N) is 1. The molecule has 0 radical (unpaired) electrons. The Kier molecular flexibility index (Phi) is 4.42. The average Bonchev–Trinajstić information content (AvgIpc) is 2.38. The summed E-state index contributed by atoms with van der Waals surface area (Å²) in [4.78, 5) is 4.59. The highest BCUT2D eigenvalue weighted by molar-refractivity contribution is 7.80. The zero-order valence-electron chi connectivity index (χ0n) is 12.0. The summed E-state index contributed by atoms with van der Waals surface area (Å²) in [6.07, 6.45) is 0. The van der Waals surface area contributed by atoms with Crippen molar-refractivity contribution in [2.24, 2.45) is 5.73 Å². The van der Waals surface area contributed by atoms with E-state index < -0.39 is 0 Å². The van der Waals surface area contributed by atoms with Crippen molar-refractivity contribution < 1.29 is 0 Å². The first-order valence-corrected chi connectivity index (χ1v) is 7.25. The zero-order valence-corrected chi connectivity index (χ0v) is 12.8. The molecule has 0 unspecified atom stereocenters. The predicted octanol–water partition coefficient (Wildman–Crippen LogP) is 2.23. The Balaban J connectivity index is 2.05. The van der Waals surface area contributed by atoms with Gasteiger partial charge in [-0.1, -0.05) is 23.8 Å². The number of piperazine rings is 1. The predicted molar refractivity (Wildman–Crippen MR) is 84.3 cm³/mol. The van der Waals surface area contributed by atoms with Gasteiger partial charge in [-0.05, 0) is 44.1 Å². The Morgan fingerprint density at radius 3 is 2.37 bits per heavy atom. The maximum atomic E-state index is 5.68. The van der Waals surface area contributed by atoms with Gasteiger partial charge in [-0.2, -0.15) is 0 Å². The van der Waals surface area contributed by atoms with Crippen LogP contribution in [-0.2, 0) is 0 Å². The fraction of sp³-hybridized carbons (Fsp3) is 0.533. The first-order chi connectivity index (χ1) is 8.99. The molecule has 19 heavy (non-hydrogen) atoms.